The van der Waals surface area contributed by atoms with Crippen LogP contribution in [0.1, 0.15) is 45.1 Å². The molecule has 0 saturated heterocycles. The predicted molar refractivity (Wildman–Crippen MR) is 166 cm³/mol. The van der Waals surface area contributed by atoms with Crippen LogP contribution < -0.4 is 33.2 Å². The molecule has 14 heteroatoms. The summed E-state index contributed by atoms with van der Waals surface area (Å²) in [6.45, 7) is 4.10. The molecule has 0 spiro atoms. The molecule has 2 aromatic rings. The number of carbonyl (C=O) groups excluding carboxylic acids is 3. The van der Waals surface area contributed by atoms with E-state index in [9.17, 15) is 24.3 Å². The number of thioether (sulfide) groups is 1. The highest BCUT2D eigenvalue weighted by atomic mass is 32.2. The first-order valence-corrected chi connectivity index (χ1v) is 15.3. The van der Waals surface area contributed by atoms with Gasteiger partial charge in [0.25, 0.3) is 0 Å². The van der Waals surface area contributed by atoms with Crippen molar-refractivity contribution < 1.29 is 24.3 Å². The first-order chi connectivity index (χ1) is 19.9. The molecule has 2 rings (SSSR count). The van der Waals surface area contributed by atoms with Crippen molar-refractivity contribution in [2.75, 3.05) is 18.6 Å². The number of fused-ring (bicyclic) bond motifs is 1. The molecule has 0 aliphatic heterocycles. The van der Waals surface area contributed by atoms with Gasteiger partial charge in [-0.2, -0.15) is 11.8 Å². The number of hydrogen-bond acceptors (Lipinski definition) is 7. The molecule has 232 valence electrons. The van der Waals surface area contributed by atoms with Crippen molar-refractivity contribution in [2.24, 2.45) is 28.1 Å². The number of carboxylic acid groups (broad SMARTS) is 1. The lowest BCUT2D eigenvalue weighted by Gasteiger charge is -2.25. The van der Waals surface area contributed by atoms with Crippen molar-refractivity contribution in [2.45, 2.75) is 70.1 Å². The zero-order chi connectivity index (χ0) is 31.2. The largest absolute Gasteiger partial charge is 0.480 e. The lowest BCUT2D eigenvalue weighted by molar-refractivity contribution is -0.142. The van der Waals surface area contributed by atoms with Gasteiger partial charge in [0.05, 0.1) is 6.04 Å². The van der Waals surface area contributed by atoms with Gasteiger partial charge in [-0.3, -0.25) is 19.4 Å². The minimum Gasteiger partial charge on any atom is -0.480 e. The molecule has 0 radical (unpaired) electrons. The number of guanidine groups is 1. The Morgan fingerprint density at radius 3 is 2.26 bits per heavy atom. The van der Waals surface area contributed by atoms with Gasteiger partial charge in [0.15, 0.2) is 5.96 Å². The maximum atomic E-state index is 13.6. The average Bonchev–Trinajstić information content (AvgIpc) is 3.34. The summed E-state index contributed by atoms with van der Waals surface area (Å²) in [5.74, 6) is -2.33. The summed E-state index contributed by atoms with van der Waals surface area (Å²) >= 11 is 1.46. The van der Waals surface area contributed by atoms with E-state index in [1.165, 1.54) is 11.8 Å². The smallest absolute Gasteiger partial charge is 0.326 e. The molecule has 1 heterocycles. The fourth-order valence-corrected chi connectivity index (χ4v) is 4.90. The Bertz CT molecular complexity index is 1230. The van der Waals surface area contributed by atoms with Crippen molar-refractivity contribution in [1.29, 1.82) is 0 Å². The molecule has 0 aliphatic rings. The summed E-state index contributed by atoms with van der Waals surface area (Å²) in [4.78, 5) is 58.8. The molecule has 0 fully saturated rings. The zero-order valence-electron chi connectivity index (χ0n) is 24.4. The van der Waals surface area contributed by atoms with Crippen LogP contribution in [0, 0.1) is 5.92 Å². The SMILES string of the molecule is CSCCC(NC(=O)C(Cc1c[nH]c2ccccc12)NC(=O)C(CCCN=C(N)N)NC(=O)C(N)CC(C)C)C(=O)O. The Hall–Kier alpha value is -3.78. The zero-order valence-corrected chi connectivity index (χ0v) is 25.2. The molecule has 0 saturated carbocycles. The van der Waals surface area contributed by atoms with Crippen molar-refractivity contribution in [3.63, 3.8) is 0 Å². The number of aromatic amines is 1. The topological polar surface area (TPSA) is 231 Å². The van der Waals surface area contributed by atoms with Crippen LogP contribution in [0.2, 0.25) is 0 Å². The second-order valence-electron chi connectivity index (χ2n) is 10.6. The Kier molecular flexibility index (Phi) is 14.1. The molecule has 4 atom stereocenters. The summed E-state index contributed by atoms with van der Waals surface area (Å²) in [5.41, 5.74) is 18.5. The number of aromatic nitrogens is 1. The Morgan fingerprint density at radius 1 is 0.976 bits per heavy atom. The highest BCUT2D eigenvalue weighted by Gasteiger charge is 2.31. The van der Waals surface area contributed by atoms with Crippen LogP contribution in [-0.2, 0) is 25.6 Å². The highest BCUT2D eigenvalue weighted by Crippen LogP contribution is 2.19. The molecular formula is C28H44N8O5S. The second-order valence-corrected chi connectivity index (χ2v) is 11.5. The molecular weight excluding hydrogens is 560 g/mol. The van der Waals surface area contributed by atoms with Crippen molar-refractivity contribution >= 4 is 52.3 Å². The number of aliphatic imine (C=N–C) groups is 1. The minimum atomic E-state index is -1.17. The van der Waals surface area contributed by atoms with Crippen LogP contribution in [-0.4, -0.2) is 82.5 Å². The number of H-pyrrole nitrogens is 1. The number of carbonyl (C=O) groups is 4. The lowest BCUT2D eigenvalue weighted by Crippen LogP contribution is -2.57. The molecule has 0 bridgehead atoms. The fourth-order valence-electron chi connectivity index (χ4n) is 4.43. The number of nitrogens with two attached hydrogens (primary N) is 3. The number of amides is 3. The molecule has 4 unspecified atom stereocenters. The van der Waals surface area contributed by atoms with Crippen LogP contribution in [0.15, 0.2) is 35.5 Å². The van der Waals surface area contributed by atoms with E-state index in [1.807, 2.05) is 44.4 Å². The van der Waals surface area contributed by atoms with Gasteiger partial charge in [0, 0.05) is 30.1 Å². The molecule has 42 heavy (non-hydrogen) atoms. The van der Waals surface area contributed by atoms with E-state index in [4.69, 9.17) is 17.2 Å². The third kappa shape index (κ3) is 11.2. The van der Waals surface area contributed by atoms with Gasteiger partial charge in [-0.05, 0) is 55.2 Å². The molecule has 1 aromatic carbocycles. The van der Waals surface area contributed by atoms with Crippen molar-refractivity contribution in [3.8, 4) is 0 Å². The first kappa shape index (κ1) is 34.4. The van der Waals surface area contributed by atoms with E-state index < -0.39 is 47.9 Å². The Morgan fingerprint density at radius 2 is 1.62 bits per heavy atom. The first-order valence-electron chi connectivity index (χ1n) is 13.9. The quantitative estimate of drug-likeness (QED) is 0.0669. The van der Waals surface area contributed by atoms with Gasteiger partial charge in [-0.1, -0.05) is 32.0 Å². The van der Waals surface area contributed by atoms with Gasteiger partial charge >= 0.3 is 5.97 Å². The number of aliphatic carboxylic acids is 1. The van der Waals surface area contributed by atoms with Gasteiger partial charge in [0.2, 0.25) is 17.7 Å². The second kappa shape index (κ2) is 17.2. The average molecular weight is 605 g/mol. The monoisotopic (exact) mass is 604 g/mol. The highest BCUT2D eigenvalue weighted by molar-refractivity contribution is 7.98. The van der Waals surface area contributed by atoms with Gasteiger partial charge < -0.3 is 43.2 Å². The summed E-state index contributed by atoms with van der Waals surface area (Å²) < 4.78 is 0. The Balaban J connectivity index is 2.32. The van der Waals surface area contributed by atoms with Crippen LogP contribution in [0.4, 0.5) is 0 Å². The number of nitrogens with zero attached hydrogens (tertiary/aromatic N) is 1. The molecule has 11 N–H and O–H groups in total. The number of benzene rings is 1. The minimum absolute atomic E-state index is 0.0813. The fraction of sp³-hybridized carbons (Fsp3) is 0.536. The van der Waals surface area contributed by atoms with Crippen LogP contribution in [0.5, 0.6) is 0 Å². The molecule has 1 aromatic heterocycles. The third-order valence-electron chi connectivity index (χ3n) is 6.60. The molecule has 0 aliphatic carbocycles. The van der Waals surface area contributed by atoms with E-state index >= 15 is 0 Å². The summed E-state index contributed by atoms with van der Waals surface area (Å²) in [7, 11) is 0. The van der Waals surface area contributed by atoms with Gasteiger partial charge in [-0.25, -0.2) is 4.79 Å². The van der Waals surface area contributed by atoms with Crippen LogP contribution in [0.3, 0.4) is 0 Å². The molecule has 13 nitrogen and oxygen atoms in total. The third-order valence-corrected chi connectivity index (χ3v) is 7.24. The maximum Gasteiger partial charge on any atom is 0.326 e. The summed E-state index contributed by atoms with van der Waals surface area (Å²) in [5, 5.41) is 18.6. The summed E-state index contributed by atoms with van der Waals surface area (Å²) in [6, 6.07) is 3.39. The number of carboxylic acids is 1. The van der Waals surface area contributed by atoms with Gasteiger partial charge in [0.1, 0.15) is 18.1 Å². The van der Waals surface area contributed by atoms with Crippen molar-refractivity contribution in [1.82, 2.24) is 20.9 Å². The van der Waals surface area contributed by atoms with E-state index in [0.29, 0.717) is 18.6 Å². The standard InChI is InChI=1S/C28H44N8O5S/c1-16(2)13-19(29)24(37)34-21(9-6-11-32-28(30)31)25(38)36-23(26(39)35-22(27(40)41)10-12-42-3)14-17-15-33-20-8-5-4-7-18(17)20/h4-5,7-8,15-16,19,21-23,33H,6,9-14,29H2,1-3H3,(H,34,37)(H,35,39)(H,36,38)(H,40,41)(H4,30,31,32). The van der Waals surface area contributed by atoms with Gasteiger partial charge in [-0.15, -0.1) is 0 Å². The van der Waals surface area contributed by atoms with E-state index in [-0.39, 0.29) is 37.7 Å². The Labute approximate surface area is 250 Å². The number of rotatable bonds is 18. The number of hydrogen-bond donors (Lipinski definition) is 8. The maximum absolute atomic E-state index is 13.6. The normalized spacial score (nSPS) is 14.0. The predicted octanol–water partition coefficient (Wildman–Crippen LogP) is 0.430. The van der Waals surface area contributed by atoms with E-state index in [2.05, 4.69) is 25.9 Å². The van der Waals surface area contributed by atoms with Crippen LogP contribution in [0.25, 0.3) is 10.9 Å². The van der Waals surface area contributed by atoms with Crippen molar-refractivity contribution in [3.05, 3.63) is 36.0 Å². The summed E-state index contributed by atoms with van der Waals surface area (Å²) in [6.07, 6.45) is 4.85. The van der Waals surface area contributed by atoms with Crippen LogP contribution >= 0.6 is 11.8 Å². The lowest BCUT2D eigenvalue weighted by atomic mass is 10.0. The molecule has 3 amide bonds. The number of nitrogens with one attached hydrogen (secondary N) is 4. The van der Waals surface area contributed by atoms with E-state index in [0.717, 1.165) is 16.5 Å². The number of para-hydroxylation sites is 1. The van der Waals surface area contributed by atoms with E-state index in [1.54, 1.807) is 6.20 Å².